The maximum Gasteiger partial charge on any atom is 2.00 e. The summed E-state index contributed by atoms with van der Waals surface area (Å²) in [6, 6.07) is 9.79. The molecule has 0 bridgehead atoms. The Hall–Kier alpha value is 0.193. The Labute approximate surface area is 67.5 Å². The molecule has 1 aromatic carbocycles. The van der Waals surface area contributed by atoms with E-state index in [1.54, 1.807) is 0 Å². The number of hydrogen-bond acceptors (Lipinski definition) is 1. The fourth-order valence-corrected chi connectivity index (χ4v) is 0.600. The van der Waals surface area contributed by atoms with Crippen molar-refractivity contribution < 1.29 is 19.5 Å². The van der Waals surface area contributed by atoms with Gasteiger partial charge in [0.1, 0.15) is 0 Å². The summed E-state index contributed by atoms with van der Waals surface area (Å²) < 4.78 is 0. The van der Waals surface area contributed by atoms with Gasteiger partial charge in [0.05, 0.1) is 0 Å². The number of hydrogen-bond donors (Lipinski definition) is 1. The summed E-state index contributed by atoms with van der Waals surface area (Å²) >= 11 is 4.08. The molecule has 0 saturated heterocycles. The first-order valence-electron chi connectivity index (χ1n) is 2.13. The summed E-state index contributed by atoms with van der Waals surface area (Å²) in [6.07, 6.45) is 0. The monoisotopic (exact) mass is 174 g/mol. The summed E-state index contributed by atoms with van der Waals surface area (Å²) in [6.45, 7) is 0. The molecule has 0 nitrogen and oxygen atoms in total. The first-order chi connectivity index (χ1) is 3.39. The third-order valence-corrected chi connectivity index (χ3v) is 1.05. The van der Waals surface area contributed by atoms with Crippen LogP contribution in [0.5, 0.6) is 0 Å². The van der Waals surface area contributed by atoms with E-state index in [-0.39, 0.29) is 19.5 Å². The molecule has 0 heterocycles. The van der Waals surface area contributed by atoms with E-state index >= 15 is 0 Å². The van der Waals surface area contributed by atoms with Crippen molar-refractivity contribution in [2.45, 2.75) is 4.90 Å². The molecule has 0 aliphatic heterocycles. The van der Waals surface area contributed by atoms with Crippen LogP contribution in [0.2, 0.25) is 0 Å². The number of thiol groups is 1. The minimum atomic E-state index is 0. The molecule has 0 aliphatic rings. The Morgan fingerprint density at radius 1 is 1.00 bits per heavy atom. The summed E-state index contributed by atoms with van der Waals surface area (Å²) in [5.41, 5.74) is 0. The first-order valence-corrected chi connectivity index (χ1v) is 2.58. The van der Waals surface area contributed by atoms with Gasteiger partial charge < -0.3 is 0 Å². The molecule has 0 unspecified atom stereocenters. The minimum absolute atomic E-state index is 0. The Bertz CT molecular complexity index is 138. The van der Waals surface area contributed by atoms with Crippen LogP contribution in [0.1, 0.15) is 0 Å². The molecule has 0 fully saturated rings. The van der Waals surface area contributed by atoms with Gasteiger partial charge >= 0.3 is 19.5 Å². The Kier molecular flexibility index (Phi) is 4.21. The van der Waals surface area contributed by atoms with E-state index in [0.717, 1.165) is 4.90 Å². The van der Waals surface area contributed by atoms with E-state index in [1.165, 1.54) is 0 Å². The van der Waals surface area contributed by atoms with Gasteiger partial charge in [0, 0.05) is 4.90 Å². The minimum Gasteiger partial charge on any atom is -0.143 e. The second kappa shape index (κ2) is 4.11. The zero-order valence-electron chi connectivity index (χ0n) is 4.54. The molecule has 8 heavy (non-hydrogen) atoms. The Morgan fingerprint density at radius 3 is 1.75 bits per heavy atom. The van der Waals surface area contributed by atoms with Crippen molar-refractivity contribution in [1.82, 2.24) is 0 Å². The van der Waals surface area contributed by atoms with Crippen molar-refractivity contribution in [3.63, 3.8) is 0 Å². The zero-order valence-corrected chi connectivity index (χ0v) is 8.40. The van der Waals surface area contributed by atoms with Crippen molar-refractivity contribution in [1.29, 1.82) is 0 Å². The van der Waals surface area contributed by atoms with Crippen LogP contribution >= 0.6 is 12.6 Å². The summed E-state index contributed by atoms with van der Waals surface area (Å²) in [7, 11) is 0. The topological polar surface area (TPSA) is 0 Å². The fourth-order valence-electron chi connectivity index (χ4n) is 0.428. The molecule has 1 aromatic rings. The van der Waals surface area contributed by atoms with Crippen LogP contribution in [0.25, 0.3) is 0 Å². The fraction of sp³-hybridized carbons (Fsp3) is 0. The van der Waals surface area contributed by atoms with Crippen LogP contribution in [0.4, 0.5) is 0 Å². The SMILES string of the molecule is Sc1ccccc1.[Zn+2]. The molecule has 0 radical (unpaired) electrons. The molecule has 36 valence electrons. The molecule has 0 spiro atoms. The third kappa shape index (κ3) is 2.49. The molecule has 0 N–H and O–H groups in total. The van der Waals surface area contributed by atoms with Crippen molar-refractivity contribution in [3.05, 3.63) is 30.3 Å². The van der Waals surface area contributed by atoms with E-state index in [4.69, 9.17) is 0 Å². The molecule has 0 atom stereocenters. The molecular weight excluding hydrogens is 170 g/mol. The van der Waals surface area contributed by atoms with Crippen LogP contribution in [0.3, 0.4) is 0 Å². The van der Waals surface area contributed by atoms with E-state index in [0.29, 0.717) is 0 Å². The van der Waals surface area contributed by atoms with Gasteiger partial charge in [-0.25, -0.2) is 0 Å². The van der Waals surface area contributed by atoms with Gasteiger partial charge in [-0.05, 0) is 12.1 Å². The average molecular weight is 176 g/mol. The Balaban J connectivity index is 0.000000490. The zero-order chi connectivity index (χ0) is 5.11. The number of benzene rings is 1. The van der Waals surface area contributed by atoms with Gasteiger partial charge in [-0.15, -0.1) is 12.6 Å². The van der Waals surface area contributed by atoms with Gasteiger partial charge in [0.25, 0.3) is 0 Å². The molecule has 1 rings (SSSR count). The van der Waals surface area contributed by atoms with Gasteiger partial charge in [0.15, 0.2) is 0 Å². The quantitative estimate of drug-likeness (QED) is 0.452. The van der Waals surface area contributed by atoms with Crippen molar-refractivity contribution in [2.24, 2.45) is 0 Å². The third-order valence-electron chi connectivity index (χ3n) is 0.756. The van der Waals surface area contributed by atoms with E-state index in [9.17, 15) is 0 Å². The van der Waals surface area contributed by atoms with Gasteiger partial charge in [-0.1, -0.05) is 18.2 Å². The van der Waals surface area contributed by atoms with E-state index in [1.807, 2.05) is 30.3 Å². The predicted molar refractivity (Wildman–Crippen MR) is 33.7 cm³/mol. The van der Waals surface area contributed by atoms with Crippen LogP contribution in [0, 0.1) is 0 Å². The van der Waals surface area contributed by atoms with E-state index < -0.39 is 0 Å². The molecule has 0 aromatic heterocycles. The average Bonchev–Trinajstić information content (AvgIpc) is 1.69. The Morgan fingerprint density at radius 2 is 1.50 bits per heavy atom. The second-order valence-electron chi connectivity index (χ2n) is 1.34. The smallest absolute Gasteiger partial charge is 0.143 e. The number of rotatable bonds is 0. The summed E-state index contributed by atoms with van der Waals surface area (Å²) in [5.74, 6) is 0. The molecule has 0 aliphatic carbocycles. The van der Waals surface area contributed by atoms with Crippen LogP contribution in [0.15, 0.2) is 35.2 Å². The summed E-state index contributed by atoms with van der Waals surface area (Å²) in [4.78, 5) is 1.02. The van der Waals surface area contributed by atoms with Gasteiger partial charge in [-0.2, -0.15) is 0 Å². The first kappa shape index (κ1) is 8.19. The van der Waals surface area contributed by atoms with Crippen LogP contribution in [-0.2, 0) is 19.5 Å². The van der Waals surface area contributed by atoms with Crippen molar-refractivity contribution >= 4 is 12.6 Å². The largest absolute Gasteiger partial charge is 2.00 e. The van der Waals surface area contributed by atoms with Gasteiger partial charge in [0.2, 0.25) is 0 Å². The molecule has 2 heteroatoms. The maximum atomic E-state index is 4.08. The van der Waals surface area contributed by atoms with Crippen LogP contribution < -0.4 is 0 Å². The second-order valence-corrected chi connectivity index (χ2v) is 1.85. The summed E-state index contributed by atoms with van der Waals surface area (Å²) in [5, 5.41) is 0. The maximum absolute atomic E-state index is 4.08. The van der Waals surface area contributed by atoms with Gasteiger partial charge in [-0.3, -0.25) is 0 Å². The van der Waals surface area contributed by atoms with E-state index in [2.05, 4.69) is 12.6 Å². The standard InChI is InChI=1S/C6H6S.Zn/c7-6-4-2-1-3-5-6;/h1-5,7H;/q;+2. The van der Waals surface area contributed by atoms with Crippen molar-refractivity contribution in [2.75, 3.05) is 0 Å². The van der Waals surface area contributed by atoms with Crippen LogP contribution in [-0.4, -0.2) is 0 Å². The predicted octanol–water partition coefficient (Wildman–Crippen LogP) is 1.97. The molecule has 0 amide bonds. The molecule has 0 saturated carbocycles. The van der Waals surface area contributed by atoms with Crippen molar-refractivity contribution in [3.8, 4) is 0 Å². The molecular formula is C6H6SZn+2. The normalized spacial score (nSPS) is 7.62.